The molecular formula is C20H26N2O3S. The number of rotatable bonds is 8. The molecule has 0 aliphatic heterocycles. The second-order valence-corrected chi connectivity index (χ2v) is 7.50. The topological polar surface area (TPSA) is 68.3 Å². The van der Waals surface area contributed by atoms with Gasteiger partial charge in [0.1, 0.15) is 4.88 Å². The fourth-order valence-electron chi connectivity index (χ4n) is 2.57. The Bertz CT molecular complexity index is 741. The van der Waals surface area contributed by atoms with E-state index in [-0.39, 0.29) is 24.3 Å². The fourth-order valence-corrected chi connectivity index (χ4v) is 3.55. The summed E-state index contributed by atoms with van der Waals surface area (Å²) in [7, 11) is 0. The number of hydrogen-bond acceptors (Lipinski definition) is 5. The van der Waals surface area contributed by atoms with Gasteiger partial charge in [0.15, 0.2) is 0 Å². The Morgan fingerprint density at radius 2 is 1.92 bits per heavy atom. The Morgan fingerprint density at radius 3 is 2.50 bits per heavy atom. The van der Waals surface area contributed by atoms with Gasteiger partial charge in [0.2, 0.25) is 0 Å². The Labute approximate surface area is 158 Å². The van der Waals surface area contributed by atoms with E-state index in [1.54, 1.807) is 6.92 Å². The first-order chi connectivity index (χ1) is 12.4. The highest BCUT2D eigenvalue weighted by atomic mass is 32.1. The summed E-state index contributed by atoms with van der Waals surface area (Å²) in [5.41, 5.74) is 1.77. The SMILES string of the molecule is CCOC(=O)C(CNC(=O)c1sc(C(C)C)nc1C)Cc1ccccc1. The van der Waals surface area contributed by atoms with Crippen molar-refractivity contribution in [2.75, 3.05) is 13.2 Å². The quantitative estimate of drug-likeness (QED) is 0.715. The van der Waals surface area contributed by atoms with Crippen LogP contribution in [-0.4, -0.2) is 30.0 Å². The summed E-state index contributed by atoms with van der Waals surface area (Å²) < 4.78 is 5.17. The van der Waals surface area contributed by atoms with E-state index in [0.29, 0.717) is 17.9 Å². The molecule has 0 aliphatic rings. The summed E-state index contributed by atoms with van der Waals surface area (Å²) in [5.74, 6) is -0.612. The average Bonchev–Trinajstić information content (AvgIpc) is 3.01. The Hall–Kier alpha value is -2.21. The molecule has 5 nitrogen and oxygen atoms in total. The van der Waals surface area contributed by atoms with Crippen LogP contribution in [0.2, 0.25) is 0 Å². The fraction of sp³-hybridized carbons (Fsp3) is 0.450. The van der Waals surface area contributed by atoms with Gasteiger partial charge in [0.25, 0.3) is 5.91 Å². The number of ether oxygens (including phenoxy) is 1. The second kappa shape index (κ2) is 9.48. The maximum atomic E-state index is 12.5. The molecule has 0 saturated heterocycles. The largest absolute Gasteiger partial charge is 0.466 e. The molecule has 1 unspecified atom stereocenters. The summed E-state index contributed by atoms with van der Waals surface area (Å²) in [6.45, 7) is 8.28. The minimum Gasteiger partial charge on any atom is -0.466 e. The molecule has 140 valence electrons. The summed E-state index contributed by atoms with van der Waals surface area (Å²) in [6, 6.07) is 9.74. The number of amides is 1. The van der Waals surface area contributed by atoms with Crippen molar-refractivity contribution >= 4 is 23.2 Å². The highest BCUT2D eigenvalue weighted by Crippen LogP contribution is 2.24. The van der Waals surface area contributed by atoms with Crippen LogP contribution >= 0.6 is 11.3 Å². The van der Waals surface area contributed by atoms with E-state index in [9.17, 15) is 9.59 Å². The monoisotopic (exact) mass is 374 g/mol. The first-order valence-electron chi connectivity index (χ1n) is 8.88. The molecule has 1 heterocycles. The molecular weight excluding hydrogens is 348 g/mol. The number of carbonyl (C=O) groups excluding carboxylic acids is 2. The molecule has 0 radical (unpaired) electrons. The number of aryl methyl sites for hydroxylation is 1. The van der Waals surface area contributed by atoms with Crippen LogP contribution in [0.4, 0.5) is 0 Å². The third-order valence-corrected chi connectivity index (χ3v) is 5.42. The smallest absolute Gasteiger partial charge is 0.311 e. The molecule has 1 aromatic carbocycles. The number of aromatic nitrogens is 1. The van der Waals surface area contributed by atoms with Gasteiger partial charge in [-0.1, -0.05) is 44.2 Å². The van der Waals surface area contributed by atoms with Crippen LogP contribution in [0.25, 0.3) is 0 Å². The lowest BCUT2D eigenvalue weighted by Crippen LogP contribution is -2.35. The van der Waals surface area contributed by atoms with Gasteiger partial charge in [-0.2, -0.15) is 0 Å². The first-order valence-corrected chi connectivity index (χ1v) is 9.70. The van der Waals surface area contributed by atoms with E-state index in [1.165, 1.54) is 11.3 Å². The van der Waals surface area contributed by atoms with Crippen LogP contribution in [0.5, 0.6) is 0 Å². The zero-order valence-electron chi connectivity index (χ0n) is 15.7. The number of thiazole rings is 1. The van der Waals surface area contributed by atoms with Gasteiger partial charge in [-0.15, -0.1) is 11.3 Å². The normalized spacial score (nSPS) is 12.0. The van der Waals surface area contributed by atoms with Gasteiger partial charge in [-0.05, 0) is 25.8 Å². The number of nitrogens with zero attached hydrogens (tertiary/aromatic N) is 1. The number of benzene rings is 1. The Morgan fingerprint density at radius 1 is 1.23 bits per heavy atom. The molecule has 0 bridgehead atoms. The van der Waals surface area contributed by atoms with Gasteiger partial charge < -0.3 is 10.1 Å². The predicted octanol–water partition coefficient (Wildman–Crippen LogP) is 3.73. The van der Waals surface area contributed by atoms with Crippen LogP contribution in [0.3, 0.4) is 0 Å². The zero-order valence-corrected chi connectivity index (χ0v) is 16.6. The van der Waals surface area contributed by atoms with Crippen molar-refractivity contribution in [2.45, 2.75) is 40.0 Å². The minimum absolute atomic E-state index is 0.186. The molecule has 26 heavy (non-hydrogen) atoms. The average molecular weight is 375 g/mol. The minimum atomic E-state index is -0.418. The summed E-state index contributed by atoms with van der Waals surface area (Å²) >= 11 is 1.41. The highest BCUT2D eigenvalue weighted by molar-refractivity contribution is 7.13. The Balaban J connectivity index is 2.05. The third-order valence-electron chi connectivity index (χ3n) is 3.97. The number of esters is 1. The lowest BCUT2D eigenvalue weighted by atomic mass is 9.99. The van der Waals surface area contributed by atoms with Crippen molar-refractivity contribution in [1.29, 1.82) is 0 Å². The van der Waals surface area contributed by atoms with E-state index in [1.807, 2.05) is 37.3 Å². The van der Waals surface area contributed by atoms with Crippen LogP contribution < -0.4 is 5.32 Å². The molecule has 2 rings (SSSR count). The lowest BCUT2D eigenvalue weighted by Gasteiger charge is -2.16. The molecule has 6 heteroatoms. The van der Waals surface area contributed by atoms with Crippen molar-refractivity contribution in [3.8, 4) is 0 Å². The number of hydrogen-bond donors (Lipinski definition) is 1. The van der Waals surface area contributed by atoms with E-state index in [0.717, 1.165) is 16.3 Å². The van der Waals surface area contributed by atoms with Gasteiger partial charge in [0, 0.05) is 12.5 Å². The van der Waals surface area contributed by atoms with E-state index >= 15 is 0 Å². The van der Waals surface area contributed by atoms with Crippen LogP contribution in [-0.2, 0) is 16.0 Å². The van der Waals surface area contributed by atoms with Gasteiger partial charge >= 0.3 is 5.97 Å². The Kier molecular flexibility index (Phi) is 7.33. The van der Waals surface area contributed by atoms with Crippen molar-refractivity contribution < 1.29 is 14.3 Å². The lowest BCUT2D eigenvalue weighted by molar-refractivity contribution is -0.147. The van der Waals surface area contributed by atoms with Crippen molar-refractivity contribution in [2.24, 2.45) is 5.92 Å². The van der Waals surface area contributed by atoms with E-state index in [4.69, 9.17) is 4.74 Å². The van der Waals surface area contributed by atoms with Crippen LogP contribution in [0.1, 0.15) is 52.6 Å². The third kappa shape index (κ3) is 5.39. The molecule has 0 saturated carbocycles. The van der Waals surface area contributed by atoms with Crippen molar-refractivity contribution in [3.63, 3.8) is 0 Å². The maximum Gasteiger partial charge on any atom is 0.311 e. The van der Waals surface area contributed by atoms with Crippen molar-refractivity contribution in [1.82, 2.24) is 10.3 Å². The van der Waals surface area contributed by atoms with Gasteiger partial charge in [-0.3, -0.25) is 9.59 Å². The van der Waals surface area contributed by atoms with Gasteiger partial charge in [0.05, 0.1) is 23.2 Å². The summed E-state index contributed by atoms with van der Waals surface area (Å²) in [4.78, 5) is 29.9. The predicted molar refractivity (Wildman–Crippen MR) is 104 cm³/mol. The molecule has 0 aliphatic carbocycles. The summed E-state index contributed by atoms with van der Waals surface area (Å²) in [6.07, 6.45) is 0.527. The number of carbonyl (C=O) groups is 2. The van der Waals surface area contributed by atoms with E-state index < -0.39 is 5.92 Å². The second-order valence-electron chi connectivity index (χ2n) is 6.47. The maximum absolute atomic E-state index is 12.5. The molecule has 1 atom stereocenters. The van der Waals surface area contributed by atoms with Gasteiger partial charge in [-0.25, -0.2) is 4.98 Å². The van der Waals surface area contributed by atoms with Crippen LogP contribution in [0, 0.1) is 12.8 Å². The van der Waals surface area contributed by atoms with E-state index in [2.05, 4.69) is 24.1 Å². The van der Waals surface area contributed by atoms with Crippen LogP contribution in [0.15, 0.2) is 30.3 Å². The molecule has 1 aromatic heterocycles. The molecule has 0 fully saturated rings. The molecule has 1 N–H and O–H groups in total. The molecule has 2 aromatic rings. The van der Waals surface area contributed by atoms with Crippen molar-refractivity contribution in [3.05, 3.63) is 51.5 Å². The summed E-state index contributed by atoms with van der Waals surface area (Å²) in [5, 5.41) is 3.83. The molecule has 0 spiro atoms. The zero-order chi connectivity index (χ0) is 19.1. The molecule has 1 amide bonds. The number of nitrogens with one attached hydrogen (secondary N) is 1. The standard InChI is InChI=1S/C20H26N2O3S/c1-5-25-20(24)16(11-15-9-7-6-8-10-15)12-21-18(23)17-14(4)22-19(26-17)13(2)3/h6-10,13,16H,5,11-12H2,1-4H3,(H,21,23). The highest BCUT2D eigenvalue weighted by Gasteiger charge is 2.23. The first kappa shape index (κ1) is 20.1.